The Balaban J connectivity index is 1.54. The van der Waals surface area contributed by atoms with Crippen LogP contribution in [-0.4, -0.2) is 34.1 Å². The molecule has 4 aromatic rings. The molecule has 0 bridgehead atoms. The number of ether oxygens (including phenoxy) is 1. The molecule has 12 heteroatoms. The van der Waals surface area contributed by atoms with Crippen LogP contribution in [0.4, 0.5) is 9.52 Å². The van der Waals surface area contributed by atoms with E-state index in [9.17, 15) is 19.1 Å². The quantitative estimate of drug-likeness (QED) is 0.0808. The van der Waals surface area contributed by atoms with Gasteiger partial charge in [-0.05, 0) is 59.7 Å². The van der Waals surface area contributed by atoms with Gasteiger partial charge < -0.3 is 9.84 Å². The van der Waals surface area contributed by atoms with E-state index < -0.39 is 29.3 Å². The number of rotatable bonds is 7. The summed E-state index contributed by atoms with van der Waals surface area (Å²) in [5.41, 5.74) is 1.39. The second-order valence-corrected chi connectivity index (χ2v) is 11.3. The number of anilines is 1. The Morgan fingerprint density at radius 3 is 2.59 bits per heavy atom. The number of carbonyl (C=O) groups is 2. The number of methoxy groups -OCH3 is 1. The zero-order valence-corrected chi connectivity index (χ0v) is 23.2. The minimum absolute atomic E-state index is 0.155. The van der Waals surface area contributed by atoms with E-state index in [0.29, 0.717) is 31.5 Å². The van der Waals surface area contributed by atoms with E-state index in [1.807, 2.05) is 6.07 Å². The number of ketones is 1. The fourth-order valence-corrected chi connectivity index (χ4v) is 6.48. The lowest BCUT2D eigenvalue weighted by molar-refractivity contribution is -0.132. The highest BCUT2D eigenvalue weighted by Crippen LogP contribution is 2.44. The maximum atomic E-state index is 13.5. The summed E-state index contributed by atoms with van der Waals surface area (Å²) in [6, 6.07) is 16.0. The molecule has 0 aliphatic carbocycles. The second kappa shape index (κ2) is 11.4. The van der Waals surface area contributed by atoms with Crippen molar-refractivity contribution in [3.63, 3.8) is 0 Å². The Morgan fingerprint density at radius 1 is 1.10 bits per heavy atom. The van der Waals surface area contributed by atoms with Crippen molar-refractivity contribution in [2.24, 2.45) is 0 Å². The minimum Gasteiger partial charge on any atom is -0.507 e. The molecule has 1 atom stereocenters. The van der Waals surface area contributed by atoms with Crippen molar-refractivity contribution < 1.29 is 23.8 Å². The van der Waals surface area contributed by atoms with E-state index in [1.165, 1.54) is 35.9 Å². The van der Waals surface area contributed by atoms with Crippen LogP contribution in [0, 0.1) is 5.82 Å². The Hall–Kier alpha value is -3.44. The third kappa shape index (κ3) is 5.51. The van der Waals surface area contributed by atoms with Crippen molar-refractivity contribution in [2.45, 2.75) is 16.1 Å². The summed E-state index contributed by atoms with van der Waals surface area (Å²) in [5.74, 6) is -1.74. The molecule has 1 saturated heterocycles. The van der Waals surface area contributed by atoms with Gasteiger partial charge in [-0.3, -0.25) is 14.5 Å². The fourth-order valence-electron chi connectivity index (χ4n) is 4.06. The Bertz CT molecular complexity index is 1610. The fraction of sp³-hybridized carbons (Fsp3) is 0.111. The van der Waals surface area contributed by atoms with E-state index in [2.05, 4.69) is 10.2 Å². The summed E-state index contributed by atoms with van der Waals surface area (Å²) in [4.78, 5) is 27.9. The van der Waals surface area contributed by atoms with Gasteiger partial charge in [-0.15, -0.1) is 10.2 Å². The lowest BCUT2D eigenvalue weighted by Crippen LogP contribution is -2.29. The first-order chi connectivity index (χ1) is 18.8. The molecule has 1 unspecified atom stereocenters. The van der Waals surface area contributed by atoms with Crippen LogP contribution in [-0.2, 0) is 15.3 Å². The molecule has 198 valence electrons. The van der Waals surface area contributed by atoms with Gasteiger partial charge in [-0.2, -0.15) is 0 Å². The molecule has 39 heavy (non-hydrogen) atoms. The molecule has 3 aromatic carbocycles. The van der Waals surface area contributed by atoms with Gasteiger partial charge in [-0.25, -0.2) is 4.39 Å². The number of carbonyl (C=O) groups excluding carboxylic acids is 2. The lowest BCUT2D eigenvalue weighted by atomic mass is 9.95. The molecule has 1 aliphatic rings. The van der Waals surface area contributed by atoms with Crippen LogP contribution in [0.1, 0.15) is 22.7 Å². The maximum absolute atomic E-state index is 13.5. The Labute approximate surface area is 240 Å². The topological polar surface area (TPSA) is 92.6 Å². The van der Waals surface area contributed by atoms with Crippen LogP contribution in [0.5, 0.6) is 5.75 Å². The highest BCUT2D eigenvalue weighted by atomic mass is 35.5. The highest BCUT2D eigenvalue weighted by molar-refractivity contribution is 8.00. The summed E-state index contributed by atoms with van der Waals surface area (Å²) in [5, 5.41) is 20.8. The molecule has 1 aliphatic heterocycles. The third-order valence-electron chi connectivity index (χ3n) is 5.94. The van der Waals surface area contributed by atoms with Crippen molar-refractivity contribution in [2.75, 3.05) is 12.0 Å². The highest BCUT2D eigenvalue weighted by Gasteiger charge is 2.48. The zero-order chi connectivity index (χ0) is 27.7. The number of amides is 1. The largest absolute Gasteiger partial charge is 0.507 e. The van der Waals surface area contributed by atoms with Gasteiger partial charge in [0.15, 0.2) is 4.34 Å². The van der Waals surface area contributed by atoms with Crippen LogP contribution in [0.3, 0.4) is 0 Å². The standard InChI is InChI=1S/C27H18Cl2FN3O4S2/c1-37-19-4-2-3-15(11-19)22-21(23(34)14-6-9-18(30)10-7-14)24(35)25(36)33(22)26-31-32-27(39-26)38-13-16-5-8-17(28)12-20(16)29/h2-12,22,34H,13H2,1H3/b23-21-. The molecule has 0 radical (unpaired) electrons. The van der Waals surface area contributed by atoms with Crippen LogP contribution in [0.25, 0.3) is 5.76 Å². The number of aliphatic hydroxyl groups excluding tert-OH is 1. The molecule has 0 spiro atoms. The normalized spacial score (nSPS) is 16.6. The number of Topliss-reactive ketones (excluding diaryl/α,β-unsaturated/α-hetero) is 1. The molecular formula is C27H18Cl2FN3O4S2. The predicted octanol–water partition coefficient (Wildman–Crippen LogP) is 6.91. The van der Waals surface area contributed by atoms with Gasteiger partial charge in [0.25, 0.3) is 5.78 Å². The Morgan fingerprint density at radius 2 is 1.87 bits per heavy atom. The van der Waals surface area contributed by atoms with E-state index in [4.69, 9.17) is 27.9 Å². The molecule has 1 N–H and O–H groups in total. The number of halogens is 3. The van der Waals surface area contributed by atoms with E-state index in [-0.39, 0.29) is 16.3 Å². The van der Waals surface area contributed by atoms with Gasteiger partial charge in [0.05, 0.1) is 18.7 Å². The second-order valence-electron chi connectivity index (χ2n) is 8.33. The SMILES string of the molecule is COc1cccc(C2/C(=C(/O)c3ccc(F)cc3)C(=O)C(=O)N2c2nnc(SCc3ccc(Cl)cc3Cl)s2)c1. The first kappa shape index (κ1) is 27.1. The number of benzene rings is 3. The smallest absolute Gasteiger partial charge is 0.301 e. The van der Waals surface area contributed by atoms with Crippen LogP contribution in [0.2, 0.25) is 10.0 Å². The summed E-state index contributed by atoms with van der Waals surface area (Å²) >= 11 is 14.7. The van der Waals surface area contributed by atoms with Crippen molar-refractivity contribution >= 4 is 68.9 Å². The summed E-state index contributed by atoms with van der Waals surface area (Å²) < 4.78 is 19.4. The van der Waals surface area contributed by atoms with Crippen LogP contribution < -0.4 is 9.64 Å². The predicted molar refractivity (Wildman–Crippen MR) is 150 cm³/mol. The van der Waals surface area contributed by atoms with Gasteiger partial charge in [0.2, 0.25) is 5.13 Å². The number of hydrogen-bond donors (Lipinski definition) is 1. The summed E-state index contributed by atoms with van der Waals surface area (Å²) in [6.07, 6.45) is 0. The van der Waals surface area contributed by atoms with Gasteiger partial charge in [0.1, 0.15) is 17.3 Å². The first-order valence-electron chi connectivity index (χ1n) is 11.4. The molecular weight excluding hydrogens is 584 g/mol. The number of thioether (sulfide) groups is 1. The number of hydrogen-bond acceptors (Lipinski definition) is 8. The summed E-state index contributed by atoms with van der Waals surface area (Å²) in [6.45, 7) is 0. The van der Waals surface area contributed by atoms with E-state index >= 15 is 0 Å². The van der Waals surface area contributed by atoms with E-state index in [1.54, 1.807) is 36.4 Å². The maximum Gasteiger partial charge on any atom is 0.301 e. The van der Waals surface area contributed by atoms with Gasteiger partial charge in [0, 0.05) is 21.4 Å². The minimum atomic E-state index is -1.03. The first-order valence-corrected chi connectivity index (χ1v) is 13.9. The lowest BCUT2D eigenvalue weighted by Gasteiger charge is -2.22. The summed E-state index contributed by atoms with van der Waals surface area (Å²) in [7, 11) is 1.50. The number of aromatic nitrogens is 2. The average molecular weight is 602 g/mol. The molecule has 1 fully saturated rings. The number of nitrogens with zero attached hydrogens (tertiary/aromatic N) is 3. The third-order valence-corrected chi connectivity index (χ3v) is 8.63. The monoisotopic (exact) mass is 601 g/mol. The molecule has 1 amide bonds. The Kier molecular flexibility index (Phi) is 7.90. The van der Waals surface area contributed by atoms with Crippen molar-refractivity contribution in [3.8, 4) is 5.75 Å². The molecule has 0 saturated carbocycles. The number of aliphatic hydroxyl groups is 1. The molecule has 1 aromatic heterocycles. The van der Waals surface area contributed by atoms with E-state index in [0.717, 1.165) is 29.0 Å². The average Bonchev–Trinajstić information content (AvgIpc) is 3.50. The zero-order valence-electron chi connectivity index (χ0n) is 20.1. The van der Waals surface area contributed by atoms with Crippen molar-refractivity contribution in [1.29, 1.82) is 0 Å². The molecule has 5 rings (SSSR count). The van der Waals surface area contributed by atoms with Gasteiger partial charge in [-0.1, -0.05) is 64.5 Å². The molecule has 7 nitrogen and oxygen atoms in total. The van der Waals surface area contributed by atoms with Crippen molar-refractivity contribution in [3.05, 3.63) is 105 Å². The van der Waals surface area contributed by atoms with Crippen molar-refractivity contribution in [1.82, 2.24) is 10.2 Å². The van der Waals surface area contributed by atoms with Crippen LogP contribution >= 0.6 is 46.3 Å². The molecule has 2 heterocycles. The van der Waals surface area contributed by atoms with Crippen LogP contribution in [0.15, 0.2) is 76.6 Å². The van der Waals surface area contributed by atoms with Gasteiger partial charge >= 0.3 is 5.91 Å².